The van der Waals surface area contributed by atoms with E-state index in [-0.39, 0.29) is 5.17 Å². The third-order valence-corrected chi connectivity index (χ3v) is 4.96. The molecule has 1 heterocycles. The molecule has 0 saturated carbocycles. The van der Waals surface area contributed by atoms with Crippen LogP contribution in [-0.4, -0.2) is 34.5 Å². The maximum Gasteiger partial charge on any atom is 0.343 e. The minimum atomic E-state index is -1.31. The first-order chi connectivity index (χ1) is 13.9. The summed E-state index contributed by atoms with van der Waals surface area (Å²) in [6, 6.07) is 13.8. The zero-order valence-corrected chi connectivity index (χ0v) is 16.1. The molecule has 0 aromatic heterocycles. The molecule has 1 aliphatic heterocycles. The third kappa shape index (κ3) is 5.52. The molecule has 29 heavy (non-hydrogen) atoms. The van der Waals surface area contributed by atoms with Crippen molar-refractivity contribution in [2.45, 2.75) is 18.6 Å². The van der Waals surface area contributed by atoms with Crippen LogP contribution in [0.15, 0.2) is 58.7 Å². The molecule has 0 aliphatic carbocycles. The average Bonchev–Trinajstić information content (AvgIpc) is 3.02. The summed E-state index contributed by atoms with van der Waals surface area (Å²) in [6.07, 6.45) is 0.973. The number of amides is 1. The Balaban J connectivity index is 1.69. The molecule has 2 aromatic rings. The van der Waals surface area contributed by atoms with Gasteiger partial charge in [0.15, 0.2) is 5.17 Å². The van der Waals surface area contributed by atoms with Gasteiger partial charge < -0.3 is 20.0 Å². The van der Waals surface area contributed by atoms with Gasteiger partial charge in [0.25, 0.3) is 0 Å². The van der Waals surface area contributed by atoms with E-state index in [0.29, 0.717) is 16.9 Å². The molecular weight excluding hydrogens is 394 g/mol. The van der Waals surface area contributed by atoms with Crippen LogP contribution in [0.2, 0.25) is 0 Å². The Labute approximate surface area is 170 Å². The second-order valence-electron chi connectivity index (χ2n) is 6.11. The lowest BCUT2D eigenvalue weighted by Crippen LogP contribution is -2.31. The number of para-hydroxylation sites is 1. The monoisotopic (exact) mass is 410 g/mol. The number of esters is 1. The molecule has 0 unspecified atom stereocenters. The molecule has 1 N–H and O–H groups in total. The van der Waals surface area contributed by atoms with Gasteiger partial charge in [-0.1, -0.05) is 41.6 Å². The van der Waals surface area contributed by atoms with E-state index in [9.17, 15) is 19.5 Å². The van der Waals surface area contributed by atoms with Crippen molar-refractivity contribution in [3.8, 4) is 5.75 Å². The Morgan fingerprint density at radius 1 is 1.21 bits per heavy atom. The number of carbonyl (C=O) groups excluding carboxylic acids is 3. The number of nitrogens with zero attached hydrogens (tertiary/aromatic N) is 2. The Morgan fingerprint density at radius 3 is 2.66 bits per heavy atom. The van der Waals surface area contributed by atoms with E-state index in [1.54, 1.807) is 36.4 Å². The normalized spacial score (nSPS) is 17.5. The maximum atomic E-state index is 12.3. The van der Waals surface area contributed by atoms with Gasteiger partial charge in [-0.05, 0) is 31.2 Å². The number of carboxylic acids is 1. The number of aliphatic carboxylic acids is 1. The quantitative estimate of drug-likeness (QED) is 0.331. The highest BCUT2D eigenvalue weighted by molar-refractivity contribution is 8.15. The summed E-state index contributed by atoms with van der Waals surface area (Å²) < 4.78 is 5.45. The van der Waals surface area contributed by atoms with Crippen molar-refractivity contribution in [2.24, 2.45) is 10.2 Å². The van der Waals surface area contributed by atoms with Crippen LogP contribution in [0.5, 0.6) is 5.75 Å². The van der Waals surface area contributed by atoms with Crippen LogP contribution in [0.25, 0.3) is 0 Å². The Hall–Kier alpha value is -3.46. The molecule has 0 bridgehead atoms. The molecule has 1 atom stereocenters. The smallest absolute Gasteiger partial charge is 0.343 e. The first kappa shape index (κ1) is 20.3. The molecule has 1 aliphatic rings. The van der Waals surface area contributed by atoms with E-state index in [1.165, 1.54) is 6.21 Å². The molecule has 0 spiro atoms. The van der Waals surface area contributed by atoms with E-state index < -0.39 is 29.5 Å². The van der Waals surface area contributed by atoms with Gasteiger partial charge in [-0.3, -0.25) is 4.79 Å². The first-order valence-electron chi connectivity index (χ1n) is 8.58. The van der Waals surface area contributed by atoms with Crippen LogP contribution in [0.4, 0.5) is 0 Å². The molecule has 1 saturated heterocycles. The number of nitrogens with one attached hydrogen (secondary N) is 1. The van der Waals surface area contributed by atoms with Crippen LogP contribution in [0.3, 0.4) is 0 Å². The molecule has 2 aromatic carbocycles. The van der Waals surface area contributed by atoms with Gasteiger partial charge >= 0.3 is 5.97 Å². The van der Waals surface area contributed by atoms with E-state index in [1.807, 2.05) is 19.1 Å². The maximum absolute atomic E-state index is 12.3. The van der Waals surface area contributed by atoms with Crippen LogP contribution in [0.1, 0.15) is 27.9 Å². The number of rotatable bonds is 6. The van der Waals surface area contributed by atoms with Gasteiger partial charge in [0.1, 0.15) is 5.75 Å². The third-order valence-electron chi connectivity index (χ3n) is 3.88. The summed E-state index contributed by atoms with van der Waals surface area (Å²) in [5, 5.41) is 20.3. The zero-order chi connectivity index (χ0) is 20.8. The van der Waals surface area contributed by atoms with E-state index in [2.05, 4.69) is 15.5 Å². The number of thioether (sulfide) groups is 1. The lowest BCUT2D eigenvalue weighted by Gasteiger charge is -2.07. The molecule has 9 heteroatoms. The van der Waals surface area contributed by atoms with Gasteiger partial charge in [-0.2, -0.15) is 5.10 Å². The largest absolute Gasteiger partial charge is 0.550 e. The molecule has 1 fully saturated rings. The average molecular weight is 410 g/mol. The van der Waals surface area contributed by atoms with Gasteiger partial charge in [0.05, 0.1) is 17.0 Å². The van der Waals surface area contributed by atoms with E-state index in [0.717, 1.165) is 17.3 Å². The zero-order valence-electron chi connectivity index (χ0n) is 15.3. The molecule has 1 amide bonds. The molecule has 8 nitrogen and oxygen atoms in total. The first-order valence-corrected chi connectivity index (χ1v) is 9.46. The highest BCUT2D eigenvalue weighted by Crippen LogP contribution is 2.22. The summed E-state index contributed by atoms with van der Waals surface area (Å²) in [7, 11) is 0. The van der Waals surface area contributed by atoms with Gasteiger partial charge in [-0.15, -0.1) is 5.10 Å². The fourth-order valence-electron chi connectivity index (χ4n) is 2.41. The number of hydrogen-bond acceptors (Lipinski definition) is 8. The summed E-state index contributed by atoms with van der Waals surface area (Å²) in [5.74, 6) is -1.96. The van der Waals surface area contributed by atoms with Crippen molar-refractivity contribution in [1.29, 1.82) is 0 Å². The van der Waals surface area contributed by atoms with E-state index in [4.69, 9.17) is 4.74 Å². The van der Waals surface area contributed by atoms with Crippen molar-refractivity contribution in [1.82, 2.24) is 5.32 Å². The minimum Gasteiger partial charge on any atom is -0.550 e. The Bertz CT molecular complexity index is 1000. The van der Waals surface area contributed by atoms with Crippen molar-refractivity contribution < 1.29 is 24.2 Å². The van der Waals surface area contributed by atoms with Crippen LogP contribution < -0.4 is 15.2 Å². The summed E-state index contributed by atoms with van der Waals surface area (Å²) >= 11 is 0.965. The fourth-order valence-corrected chi connectivity index (χ4v) is 3.32. The number of benzene rings is 2. The van der Waals surface area contributed by atoms with Crippen LogP contribution in [-0.2, 0) is 9.59 Å². The summed E-state index contributed by atoms with van der Waals surface area (Å²) in [4.78, 5) is 34.6. The Kier molecular flexibility index (Phi) is 6.40. The topological polar surface area (TPSA) is 120 Å². The lowest BCUT2D eigenvalue weighted by molar-refractivity contribution is -0.305. The van der Waals surface area contributed by atoms with Crippen molar-refractivity contribution in [3.05, 3.63) is 65.2 Å². The van der Waals surface area contributed by atoms with Crippen LogP contribution >= 0.6 is 11.8 Å². The number of carbonyl (C=O) groups is 3. The summed E-state index contributed by atoms with van der Waals surface area (Å²) in [5.41, 5.74) is 1.97. The van der Waals surface area contributed by atoms with Crippen molar-refractivity contribution in [3.63, 3.8) is 0 Å². The van der Waals surface area contributed by atoms with Gasteiger partial charge in [0, 0.05) is 18.0 Å². The fraction of sp³-hybridized carbons (Fsp3) is 0.150. The summed E-state index contributed by atoms with van der Waals surface area (Å²) in [6.45, 7) is 1.92. The SMILES string of the molecule is Cc1ccc(C(=O)Oc2ccccc2/C=N\N=C2\NC(=O)[C@H](CC(=O)[O-])S2)cc1. The predicted molar refractivity (Wildman–Crippen MR) is 107 cm³/mol. The van der Waals surface area contributed by atoms with Crippen molar-refractivity contribution in [2.75, 3.05) is 0 Å². The second kappa shape index (κ2) is 9.16. The number of amidine groups is 1. The lowest BCUT2D eigenvalue weighted by atomic mass is 10.1. The van der Waals surface area contributed by atoms with Crippen LogP contribution in [0, 0.1) is 6.92 Å². The molecule has 3 rings (SSSR count). The molecular formula is C20H16N3O5S-. The minimum absolute atomic E-state index is 0.187. The van der Waals surface area contributed by atoms with Gasteiger partial charge in [-0.25, -0.2) is 4.79 Å². The molecule has 148 valence electrons. The highest BCUT2D eigenvalue weighted by Gasteiger charge is 2.30. The van der Waals surface area contributed by atoms with Crippen molar-refractivity contribution >= 4 is 41.0 Å². The number of carboxylic acid groups (broad SMARTS) is 1. The Morgan fingerprint density at radius 2 is 1.93 bits per heavy atom. The van der Waals surface area contributed by atoms with E-state index >= 15 is 0 Å². The number of ether oxygens (including phenoxy) is 1. The predicted octanol–water partition coefficient (Wildman–Crippen LogP) is 1.28. The standard InChI is InChI=1S/C20H17N3O5S/c1-12-6-8-13(9-7-12)19(27)28-15-5-3-2-4-14(15)11-21-23-20-22-18(26)16(29-20)10-17(24)25/h2-9,11,16H,10H2,1H3,(H,24,25)(H,22,23,26)/p-1/b21-11-/t16-/m0/s1. The second-order valence-corrected chi connectivity index (χ2v) is 7.31. The number of aryl methyl sites for hydroxylation is 1. The van der Waals surface area contributed by atoms with Gasteiger partial charge in [0.2, 0.25) is 5.91 Å². The highest BCUT2D eigenvalue weighted by atomic mass is 32.2. The number of hydrogen-bond donors (Lipinski definition) is 1. The molecule has 0 radical (unpaired) electrons.